The molecular weight excluding hydrogens is 209 g/mol. The van der Waals surface area contributed by atoms with Crippen LogP contribution >= 0.6 is 0 Å². The first-order valence-electron chi connectivity index (χ1n) is 4.18. The third-order valence-electron chi connectivity index (χ3n) is 2.07. The quantitative estimate of drug-likeness (QED) is 0.723. The van der Waals surface area contributed by atoms with Gasteiger partial charge in [0.25, 0.3) is 6.02 Å². The Balaban J connectivity index is 2.40. The van der Waals surface area contributed by atoms with E-state index >= 15 is 0 Å². The lowest BCUT2D eigenvalue weighted by Gasteiger charge is -2.07. The Kier molecular flexibility index (Phi) is 2.26. The van der Waals surface area contributed by atoms with Gasteiger partial charge in [0.1, 0.15) is 18.5 Å². The Morgan fingerprint density at radius 2 is 1.87 bits per heavy atom. The highest BCUT2D eigenvalue weighted by Crippen LogP contribution is 2.26. The van der Waals surface area contributed by atoms with Gasteiger partial charge in [-0.05, 0) is 6.07 Å². The number of nitrogens with zero attached hydrogens (tertiary/aromatic N) is 1. The number of benzene rings is 1. The van der Waals surface area contributed by atoms with Crippen molar-refractivity contribution in [1.82, 2.24) is 0 Å². The van der Waals surface area contributed by atoms with E-state index in [4.69, 9.17) is 10.5 Å². The maximum absolute atomic E-state index is 13.2. The zero-order valence-corrected chi connectivity index (χ0v) is 7.51. The van der Waals surface area contributed by atoms with Crippen molar-refractivity contribution in [2.45, 2.75) is 6.04 Å². The molecule has 0 unspecified atom stereocenters. The monoisotopic (exact) mass is 216 g/mol. The van der Waals surface area contributed by atoms with Crippen LogP contribution in [0.2, 0.25) is 0 Å². The van der Waals surface area contributed by atoms with E-state index in [9.17, 15) is 13.2 Å². The Morgan fingerprint density at radius 3 is 2.47 bits per heavy atom. The molecule has 0 aliphatic carbocycles. The van der Waals surface area contributed by atoms with Gasteiger partial charge in [-0.25, -0.2) is 18.2 Å². The van der Waals surface area contributed by atoms with Gasteiger partial charge in [0.2, 0.25) is 0 Å². The van der Waals surface area contributed by atoms with Gasteiger partial charge < -0.3 is 10.5 Å². The molecule has 1 heterocycles. The predicted molar refractivity (Wildman–Crippen MR) is 46.6 cm³/mol. The molecule has 2 N–H and O–H groups in total. The summed E-state index contributed by atoms with van der Waals surface area (Å²) in [5.41, 5.74) is 5.16. The molecule has 0 saturated heterocycles. The van der Waals surface area contributed by atoms with E-state index in [0.29, 0.717) is 6.07 Å². The van der Waals surface area contributed by atoms with Gasteiger partial charge in [-0.3, -0.25) is 0 Å². The van der Waals surface area contributed by atoms with Crippen LogP contribution < -0.4 is 5.73 Å². The molecule has 1 aromatic rings. The number of aliphatic imine (C=N–C) groups is 1. The number of hydrogen-bond donors (Lipinski definition) is 1. The number of halogens is 3. The lowest BCUT2D eigenvalue weighted by molar-refractivity contribution is 0.312. The van der Waals surface area contributed by atoms with Crippen LogP contribution in [0.1, 0.15) is 11.6 Å². The van der Waals surface area contributed by atoms with Crippen molar-refractivity contribution in [3.8, 4) is 0 Å². The maximum atomic E-state index is 13.2. The highest BCUT2D eigenvalue weighted by Gasteiger charge is 2.23. The fourth-order valence-corrected chi connectivity index (χ4v) is 1.35. The Bertz CT molecular complexity index is 434. The molecule has 3 nitrogen and oxygen atoms in total. The van der Waals surface area contributed by atoms with Crippen LogP contribution in [0.25, 0.3) is 0 Å². The summed E-state index contributed by atoms with van der Waals surface area (Å²) in [5.74, 6) is -3.21. The van der Waals surface area contributed by atoms with Crippen LogP contribution in [-0.2, 0) is 4.74 Å². The number of amidine groups is 1. The molecule has 0 radical (unpaired) electrons. The van der Waals surface area contributed by atoms with E-state index in [1.807, 2.05) is 0 Å². The predicted octanol–water partition coefficient (Wildman–Crippen LogP) is 1.49. The fourth-order valence-electron chi connectivity index (χ4n) is 1.35. The van der Waals surface area contributed by atoms with E-state index in [2.05, 4.69) is 4.99 Å². The molecule has 0 spiro atoms. The van der Waals surface area contributed by atoms with Crippen molar-refractivity contribution in [3.05, 3.63) is 35.1 Å². The molecule has 2 rings (SSSR count). The molecule has 1 aliphatic rings. The molecule has 1 aliphatic heterocycles. The molecule has 0 amide bonds. The highest BCUT2D eigenvalue weighted by molar-refractivity contribution is 5.73. The number of nitrogens with two attached hydrogens (primary N) is 1. The minimum atomic E-state index is -1.23. The van der Waals surface area contributed by atoms with E-state index in [1.54, 1.807) is 0 Å². The molecule has 0 bridgehead atoms. The summed E-state index contributed by atoms with van der Waals surface area (Å²) in [5, 5.41) is 0. The minimum Gasteiger partial charge on any atom is -0.463 e. The Hall–Kier alpha value is -1.72. The first-order valence-corrected chi connectivity index (χ1v) is 4.18. The van der Waals surface area contributed by atoms with Crippen LogP contribution in [-0.4, -0.2) is 12.6 Å². The van der Waals surface area contributed by atoms with Crippen LogP contribution in [0.3, 0.4) is 0 Å². The summed E-state index contributed by atoms with van der Waals surface area (Å²) in [7, 11) is 0. The average molecular weight is 216 g/mol. The van der Waals surface area contributed by atoms with Crippen LogP contribution in [0, 0.1) is 17.5 Å². The van der Waals surface area contributed by atoms with Gasteiger partial charge in [-0.2, -0.15) is 0 Å². The maximum Gasteiger partial charge on any atom is 0.282 e. The zero-order valence-electron chi connectivity index (χ0n) is 7.51. The first-order chi connectivity index (χ1) is 7.08. The third-order valence-corrected chi connectivity index (χ3v) is 2.07. The molecule has 15 heavy (non-hydrogen) atoms. The van der Waals surface area contributed by atoms with Crippen LogP contribution in [0.4, 0.5) is 13.2 Å². The van der Waals surface area contributed by atoms with E-state index in [-0.39, 0.29) is 18.2 Å². The molecule has 0 fully saturated rings. The second kappa shape index (κ2) is 3.45. The van der Waals surface area contributed by atoms with Crippen LogP contribution in [0.15, 0.2) is 17.1 Å². The second-order valence-electron chi connectivity index (χ2n) is 3.08. The van der Waals surface area contributed by atoms with Crippen molar-refractivity contribution in [2.75, 3.05) is 6.61 Å². The van der Waals surface area contributed by atoms with E-state index in [1.165, 1.54) is 0 Å². The molecule has 80 valence electrons. The summed E-state index contributed by atoms with van der Waals surface area (Å²) in [6.45, 7) is 0.0355. The smallest absolute Gasteiger partial charge is 0.282 e. The standard InChI is InChI=1S/C9H7F3N2O/c10-5-2-7(12)6(11)1-4(5)8-3-15-9(13)14-8/h1-2,8H,3H2,(H2,13,14)/t8-/m1/s1. The van der Waals surface area contributed by atoms with Gasteiger partial charge in [-0.15, -0.1) is 0 Å². The van der Waals surface area contributed by atoms with Gasteiger partial charge in [0.05, 0.1) is 0 Å². The van der Waals surface area contributed by atoms with E-state index in [0.717, 1.165) is 6.07 Å². The molecule has 6 heteroatoms. The van der Waals surface area contributed by atoms with Gasteiger partial charge in [-0.1, -0.05) is 0 Å². The first kappa shape index (κ1) is 9.82. The molecule has 0 saturated carbocycles. The molecule has 0 aromatic heterocycles. The largest absolute Gasteiger partial charge is 0.463 e. The SMILES string of the molecule is NC1=N[C@@H](c2cc(F)c(F)cc2F)CO1. The average Bonchev–Trinajstić information content (AvgIpc) is 2.58. The van der Waals surface area contributed by atoms with Gasteiger partial charge in [0.15, 0.2) is 11.6 Å². The summed E-state index contributed by atoms with van der Waals surface area (Å²) in [4.78, 5) is 3.73. The third kappa shape index (κ3) is 1.74. The van der Waals surface area contributed by atoms with E-state index < -0.39 is 23.5 Å². The van der Waals surface area contributed by atoms with Gasteiger partial charge in [0, 0.05) is 11.6 Å². The van der Waals surface area contributed by atoms with Crippen LogP contribution in [0.5, 0.6) is 0 Å². The summed E-state index contributed by atoms with van der Waals surface area (Å²) in [6, 6.07) is 0.458. The van der Waals surface area contributed by atoms with Crippen molar-refractivity contribution in [1.29, 1.82) is 0 Å². The van der Waals surface area contributed by atoms with Gasteiger partial charge >= 0.3 is 0 Å². The fraction of sp³-hybridized carbons (Fsp3) is 0.222. The van der Waals surface area contributed by atoms with Crippen molar-refractivity contribution in [2.24, 2.45) is 10.7 Å². The Labute approximate surface area is 83.4 Å². The Morgan fingerprint density at radius 1 is 1.20 bits per heavy atom. The topological polar surface area (TPSA) is 47.6 Å². The molecule has 1 atom stereocenters. The minimum absolute atomic E-state index is 0.0355. The van der Waals surface area contributed by atoms with Crippen molar-refractivity contribution in [3.63, 3.8) is 0 Å². The van der Waals surface area contributed by atoms with Crippen molar-refractivity contribution >= 4 is 6.02 Å². The lowest BCUT2D eigenvalue weighted by Crippen LogP contribution is -2.10. The molecular formula is C9H7F3N2O. The lowest BCUT2D eigenvalue weighted by atomic mass is 10.1. The summed E-state index contributed by atoms with van der Waals surface area (Å²) >= 11 is 0. The summed E-state index contributed by atoms with van der Waals surface area (Å²) in [6.07, 6.45) is 0. The number of hydrogen-bond acceptors (Lipinski definition) is 3. The zero-order chi connectivity index (χ0) is 11.0. The molecule has 1 aromatic carbocycles. The number of ether oxygens (including phenoxy) is 1. The normalized spacial score (nSPS) is 19.9. The number of rotatable bonds is 1. The van der Waals surface area contributed by atoms with Crippen molar-refractivity contribution < 1.29 is 17.9 Å². The summed E-state index contributed by atoms with van der Waals surface area (Å²) < 4.78 is 43.5. The second-order valence-corrected chi connectivity index (χ2v) is 3.08. The highest BCUT2D eigenvalue weighted by atomic mass is 19.2.